The highest BCUT2D eigenvalue weighted by Crippen LogP contribution is 2.18. The van der Waals surface area contributed by atoms with Gasteiger partial charge in [-0.05, 0) is 30.3 Å². The van der Waals surface area contributed by atoms with E-state index in [1.165, 1.54) is 0 Å². The van der Waals surface area contributed by atoms with Crippen LogP contribution in [0.5, 0.6) is 11.5 Å². The smallest absolute Gasteiger partial charge is 0.253 e. The van der Waals surface area contributed by atoms with Crippen LogP contribution in [0.1, 0.15) is 10.4 Å². The number of para-hydroxylation sites is 1. The normalized spacial score (nSPS) is 10.5. The Kier molecular flexibility index (Phi) is 4.47. The average Bonchev–Trinajstić information content (AvgIpc) is 3.03. The predicted molar refractivity (Wildman–Crippen MR) is 89.1 cm³/mol. The number of methoxy groups -OCH3 is 1. The van der Waals surface area contributed by atoms with Gasteiger partial charge in [0, 0.05) is 17.1 Å². The monoisotopic (exact) mass is 310 g/mol. The Morgan fingerprint density at radius 3 is 2.61 bits per heavy atom. The van der Waals surface area contributed by atoms with Gasteiger partial charge in [-0.15, -0.1) is 0 Å². The van der Waals surface area contributed by atoms with E-state index < -0.39 is 0 Å². The molecular weight excluding hydrogens is 292 g/mol. The van der Waals surface area contributed by atoms with Crippen LogP contribution in [0.15, 0.2) is 54.7 Å². The van der Waals surface area contributed by atoms with Crippen molar-refractivity contribution in [2.75, 3.05) is 20.3 Å². The molecule has 0 radical (unpaired) electrons. The molecule has 1 aromatic heterocycles. The Balaban J connectivity index is 1.51. The molecule has 0 saturated carbocycles. The molecule has 0 saturated heterocycles. The molecule has 0 aliphatic heterocycles. The SMILES string of the molecule is COc1ccc(OCCNC(=O)c2c[nH]c3ccccc23)cc1. The average molecular weight is 310 g/mol. The number of benzene rings is 2. The quantitative estimate of drug-likeness (QED) is 0.688. The number of carbonyl (C=O) groups is 1. The van der Waals surface area contributed by atoms with Crippen LogP contribution in [0.2, 0.25) is 0 Å². The summed E-state index contributed by atoms with van der Waals surface area (Å²) >= 11 is 0. The first-order valence-electron chi connectivity index (χ1n) is 7.39. The van der Waals surface area contributed by atoms with E-state index in [0.29, 0.717) is 18.7 Å². The van der Waals surface area contributed by atoms with Crippen molar-refractivity contribution < 1.29 is 14.3 Å². The summed E-state index contributed by atoms with van der Waals surface area (Å²) in [5.74, 6) is 1.41. The van der Waals surface area contributed by atoms with Crippen LogP contribution >= 0.6 is 0 Å². The van der Waals surface area contributed by atoms with Crippen LogP contribution in [0.25, 0.3) is 10.9 Å². The van der Waals surface area contributed by atoms with Crippen molar-refractivity contribution in [2.24, 2.45) is 0 Å². The number of ether oxygens (including phenoxy) is 2. The zero-order valence-electron chi connectivity index (χ0n) is 12.8. The van der Waals surface area contributed by atoms with Crippen LogP contribution in [0.3, 0.4) is 0 Å². The zero-order chi connectivity index (χ0) is 16.1. The number of fused-ring (bicyclic) bond motifs is 1. The van der Waals surface area contributed by atoms with E-state index in [-0.39, 0.29) is 5.91 Å². The van der Waals surface area contributed by atoms with E-state index in [1.807, 2.05) is 48.5 Å². The number of aromatic amines is 1. The van der Waals surface area contributed by atoms with Crippen molar-refractivity contribution in [3.8, 4) is 11.5 Å². The highest BCUT2D eigenvalue weighted by atomic mass is 16.5. The molecule has 23 heavy (non-hydrogen) atoms. The maximum atomic E-state index is 12.2. The van der Waals surface area contributed by atoms with E-state index in [2.05, 4.69) is 10.3 Å². The molecule has 0 unspecified atom stereocenters. The number of hydrogen-bond donors (Lipinski definition) is 2. The number of nitrogens with one attached hydrogen (secondary N) is 2. The van der Waals surface area contributed by atoms with Crippen molar-refractivity contribution in [3.05, 3.63) is 60.3 Å². The summed E-state index contributed by atoms with van der Waals surface area (Å²) in [4.78, 5) is 15.3. The highest BCUT2D eigenvalue weighted by molar-refractivity contribution is 6.06. The first-order valence-corrected chi connectivity index (χ1v) is 7.39. The summed E-state index contributed by atoms with van der Waals surface area (Å²) in [6.07, 6.45) is 1.73. The molecule has 0 atom stereocenters. The lowest BCUT2D eigenvalue weighted by atomic mass is 10.1. The number of carbonyl (C=O) groups excluding carboxylic acids is 1. The van der Waals surface area contributed by atoms with Gasteiger partial charge in [0.15, 0.2) is 0 Å². The van der Waals surface area contributed by atoms with Crippen molar-refractivity contribution >= 4 is 16.8 Å². The molecule has 5 nitrogen and oxygen atoms in total. The van der Waals surface area contributed by atoms with E-state index >= 15 is 0 Å². The van der Waals surface area contributed by atoms with Gasteiger partial charge in [-0.2, -0.15) is 0 Å². The summed E-state index contributed by atoms with van der Waals surface area (Å²) in [6, 6.07) is 15.1. The van der Waals surface area contributed by atoms with E-state index in [0.717, 1.165) is 22.4 Å². The van der Waals surface area contributed by atoms with Crippen molar-refractivity contribution in [3.63, 3.8) is 0 Å². The molecular formula is C18H18N2O3. The Morgan fingerprint density at radius 1 is 1.09 bits per heavy atom. The maximum absolute atomic E-state index is 12.2. The van der Waals surface area contributed by atoms with Crippen LogP contribution in [-0.4, -0.2) is 31.2 Å². The minimum Gasteiger partial charge on any atom is -0.497 e. The second-order valence-electron chi connectivity index (χ2n) is 5.03. The molecule has 2 aromatic carbocycles. The largest absolute Gasteiger partial charge is 0.497 e. The van der Waals surface area contributed by atoms with Crippen LogP contribution in [0.4, 0.5) is 0 Å². The second-order valence-corrected chi connectivity index (χ2v) is 5.03. The standard InChI is InChI=1S/C18H18N2O3/c1-22-13-6-8-14(9-7-13)23-11-10-19-18(21)16-12-20-17-5-3-2-4-15(16)17/h2-9,12,20H,10-11H2,1H3,(H,19,21). The molecule has 0 fully saturated rings. The summed E-state index contributed by atoms with van der Waals surface area (Å²) in [7, 11) is 1.62. The minimum atomic E-state index is -0.110. The van der Waals surface area contributed by atoms with Crippen molar-refractivity contribution in [1.82, 2.24) is 10.3 Å². The molecule has 0 aliphatic rings. The Hall–Kier alpha value is -2.95. The zero-order valence-corrected chi connectivity index (χ0v) is 12.8. The number of aromatic nitrogens is 1. The van der Waals surface area contributed by atoms with Gasteiger partial charge in [-0.1, -0.05) is 18.2 Å². The number of amides is 1. The lowest BCUT2D eigenvalue weighted by molar-refractivity contribution is 0.0948. The lowest BCUT2D eigenvalue weighted by Gasteiger charge is -2.08. The van der Waals surface area contributed by atoms with E-state index in [4.69, 9.17) is 9.47 Å². The van der Waals surface area contributed by atoms with Gasteiger partial charge in [0.05, 0.1) is 19.2 Å². The third kappa shape index (κ3) is 3.45. The molecule has 0 bridgehead atoms. The van der Waals surface area contributed by atoms with Gasteiger partial charge in [0.2, 0.25) is 0 Å². The summed E-state index contributed by atoms with van der Waals surface area (Å²) in [5, 5.41) is 3.78. The predicted octanol–water partition coefficient (Wildman–Crippen LogP) is 2.99. The van der Waals surface area contributed by atoms with Crippen LogP contribution in [-0.2, 0) is 0 Å². The van der Waals surface area contributed by atoms with Crippen LogP contribution in [0, 0.1) is 0 Å². The Bertz CT molecular complexity index is 793. The molecule has 3 aromatic rings. The second kappa shape index (κ2) is 6.87. The fraction of sp³-hybridized carbons (Fsp3) is 0.167. The maximum Gasteiger partial charge on any atom is 0.253 e. The summed E-state index contributed by atoms with van der Waals surface area (Å²) < 4.78 is 10.7. The van der Waals surface area contributed by atoms with Gasteiger partial charge >= 0.3 is 0 Å². The molecule has 0 aliphatic carbocycles. The van der Waals surface area contributed by atoms with Gasteiger partial charge in [0.25, 0.3) is 5.91 Å². The third-order valence-corrected chi connectivity index (χ3v) is 3.55. The lowest BCUT2D eigenvalue weighted by Crippen LogP contribution is -2.27. The third-order valence-electron chi connectivity index (χ3n) is 3.55. The molecule has 1 heterocycles. The molecule has 2 N–H and O–H groups in total. The molecule has 5 heteroatoms. The minimum absolute atomic E-state index is 0.110. The van der Waals surface area contributed by atoms with Gasteiger partial charge in [-0.3, -0.25) is 4.79 Å². The van der Waals surface area contributed by atoms with Crippen molar-refractivity contribution in [1.29, 1.82) is 0 Å². The number of rotatable bonds is 6. The number of hydrogen-bond acceptors (Lipinski definition) is 3. The first kappa shape index (κ1) is 15.0. The van der Waals surface area contributed by atoms with Gasteiger partial charge < -0.3 is 19.8 Å². The summed E-state index contributed by atoms with van der Waals surface area (Å²) in [6.45, 7) is 0.838. The van der Waals surface area contributed by atoms with Gasteiger partial charge in [0.1, 0.15) is 18.1 Å². The van der Waals surface area contributed by atoms with Crippen molar-refractivity contribution in [2.45, 2.75) is 0 Å². The van der Waals surface area contributed by atoms with Crippen LogP contribution < -0.4 is 14.8 Å². The topological polar surface area (TPSA) is 63.4 Å². The molecule has 3 rings (SSSR count). The molecule has 0 spiro atoms. The Morgan fingerprint density at radius 2 is 1.83 bits per heavy atom. The van der Waals surface area contributed by atoms with Gasteiger partial charge in [-0.25, -0.2) is 0 Å². The fourth-order valence-corrected chi connectivity index (χ4v) is 2.36. The fourth-order valence-electron chi connectivity index (χ4n) is 2.36. The molecule has 1 amide bonds. The van der Waals surface area contributed by atoms with E-state index in [1.54, 1.807) is 13.3 Å². The Labute approximate surface area is 134 Å². The first-order chi connectivity index (χ1) is 11.3. The summed E-state index contributed by atoms with van der Waals surface area (Å²) in [5.41, 5.74) is 1.59. The molecule has 118 valence electrons. The van der Waals surface area contributed by atoms with E-state index in [9.17, 15) is 4.79 Å². The number of H-pyrrole nitrogens is 1. The highest BCUT2D eigenvalue weighted by Gasteiger charge is 2.10.